The highest BCUT2D eigenvalue weighted by atomic mass is 16.7. The van der Waals surface area contributed by atoms with Crippen molar-refractivity contribution in [2.45, 2.75) is 194 Å². The summed E-state index contributed by atoms with van der Waals surface area (Å²) in [5.41, 5.74) is 2.13. The first kappa shape index (κ1) is 37.6. The highest BCUT2D eigenvalue weighted by molar-refractivity contribution is 5.79. The Morgan fingerprint density at radius 2 is 1.58 bits per heavy atom. The first-order valence-electron chi connectivity index (χ1n) is 20.0. The maximum atomic E-state index is 14.0. The Labute approximate surface area is 307 Å². The molecule has 52 heavy (non-hydrogen) atoms. The second kappa shape index (κ2) is 15.3. The fourth-order valence-corrected chi connectivity index (χ4v) is 10.8. The standard InChI is InChI=1S/C40H60O12/c1-20-13-25-5-7-29-21(2)14-27(46-29)9-11-40-12-10-31(51-40)37-35(44)39(52-40)38-30(50-37)8-6-26(48-38)15-23(42)16-28-33(18-32(47-25)22(20)3)49-34(36(28)45-4)17-24(43)19-41/h20,24-39,41,43-44H,2-3,5-19H2,1,4H3/t20-,24+,25+,26-,27+,28+,29+,30+,31?,32-,33+,34-,35-,36-,37+,38+,39-,40+/m1/s1. The van der Waals surface area contributed by atoms with Crippen molar-refractivity contribution >= 4 is 5.78 Å². The van der Waals surface area contributed by atoms with Crippen LogP contribution in [-0.2, 0) is 42.7 Å². The molecule has 0 saturated carbocycles. The van der Waals surface area contributed by atoms with Crippen LogP contribution in [0.25, 0.3) is 0 Å². The van der Waals surface area contributed by atoms with Gasteiger partial charge < -0.3 is 53.2 Å². The van der Waals surface area contributed by atoms with Crippen LogP contribution < -0.4 is 0 Å². The molecule has 0 aromatic rings. The highest BCUT2D eigenvalue weighted by Gasteiger charge is 2.60. The Morgan fingerprint density at radius 1 is 0.808 bits per heavy atom. The smallest absolute Gasteiger partial charge is 0.169 e. The Balaban J connectivity index is 1.07. The Hall–Kier alpha value is -1.29. The first-order valence-corrected chi connectivity index (χ1v) is 20.0. The molecule has 12 nitrogen and oxygen atoms in total. The molecule has 8 heterocycles. The number of carbonyl (C=O) groups is 1. The van der Waals surface area contributed by atoms with Crippen molar-refractivity contribution in [1.82, 2.24) is 0 Å². The van der Waals surface area contributed by atoms with Crippen LogP contribution in [0.5, 0.6) is 0 Å². The predicted octanol–water partition coefficient (Wildman–Crippen LogP) is 3.46. The lowest BCUT2D eigenvalue weighted by molar-refractivity contribution is -0.299. The van der Waals surface area contributed by atoms with Gasteiger partial charge in [0.2, 0.25) is 0 Å². The predicted molar refractivity (Wildman–Crippen MR) is 186 cm³/mol. The van der Waals surface area contributed by atoms with E-state index in [9.17, 15) is 20.1 Å². The number of aliphatic hydroxyl groups excluding tert-OH is 3. The van der Waals surface area contributed by atoms with Gasteiger partial charge in [0.05, 0.1) is 73.8 Å². The van der Waals surface area contributed by atoms with Crippen LogP contribution >= 0.6 is 0 Å². The number of rotatable bonds is 4. The molecule has 0 aromatic heterocycles. The van der Waals surface area contributed by atoms with Gasteiger partial charge in [-0.2, -0.15) is 0 Å². The largest absolute Gasteiger partial charge is 0.394 e. The third-order valence-corrected chi connectivity index (χ3v) is 13.6. The summed E-state index contributed by atoms with van der Waals surface area (Å²) in [5, 5.41) is 31.6. The number of fused-ring (bicyclic) bond motifs is 9. The molecule has 8 fully saturated rings. The van der Waals surface area contributed by atoms with Gasteiger partial charge in [-0.05, 0) is 68.4 Å². The van der Waals surface area contributed by atoms with E-state index in [1.165, 1.54) is 0 Å². The lowest BCUT2D eigenvalue weighted by Gasteiger charge is -2.49. The molecular weight excluding hydrogens is 672 g/mol. The van der Waals surface area contributed by atoms with E-state index in [1.54, 1.807) is 7.11 Å². The number of ether oxygens (including phenoxy) is 8. The van der Waals surface area contributed by atoms with Crippen molar-refractivity contribution in [3.8, 4) is 0 Å². The Morgan fingerprint density at radius 3 is 2.38 bits per heavy atom. The van der Waals surface area contributed by atoms with Gasteiger partial charge >= 0.3 is 0 Å². The van der Waals surface area contributed by atoms with Gasteiger partial charge in [0.15, 0.2) is 5.79 Å². The molecule has 0 aliphatic carbocycles. The van der Waals surface area contributed by atoms with Gasteiger partial charge in [0.1, 0.15) is 30.2 Å². The molecule has 8 aliphatic rings. The molecule has 0 radical (unpaired) electrons. The minimum atomic E-state index is -0.964. The highest BCUT2D eigenvalue weighted by Crippen LogP contribution is 2.49. The van der Waals surface area contributed by atoms with Crippen molar-refractivity contribution in [2.24, 2.45) is 11.8 Å². The zero-order chi connectivity index (χ0) is 36.3. The normalized spacial score (nSPS) is 50.4. The average Bonchev–Trinajstić information content (AvgIpc) is 3.79. The van der Waals surface area contributed by atoms with Crippen LogP contribution in [0.2, 0.25) is 0 Å². The second-order valence-electron chi connectivity index (χ2n) is 17.1. The van der Waals surface area contributed by atoms with E-state index >= 15 is 0 Å². The van der Waals surface area contributed by atoms with Gasteiger partial charge in [-0.25, -0.2) is 0 Å². The molecule has 8 saturated heterocycles. The molecule has 8 aliphatic heterocycles. The summed E-state index contributed by atoms with van der Waals surface area (Å²) in [5.74, 6) is -0.855. The quantitative estimate of drug-likeness (QED) is 0.363. The van der Waals surface area contributed by atoms with Crippen LogP contribution in [-0.4, -0.2) is 132 Å². The van der Waals surface area contributed by atoms with Crippen molar-refractivity contribution in [1.29, 1.82) is 0 Å². The fourth-order valence-electron chi connectivity index (χ4n) is 10.8. The fraction of sp³-hybridized carbons (Fsp3) is 0.875. The van der Waals surface area contributed by atoms with Gasteiger partial charge in [0.25, 0.3) is 0 Å². The maximum Gasteiger partial charge on any atom is 0.169 e. The van der Waals surface area contributed by atoms with Gasteiger partial charge in [-0.3, -0.25) is 4.79 Å². The zero-order valence-electron chi connectivity index (χ0n) is 30.9. The molecule has 18 atom stereocenters. The van der Waals surface area contributed by atoms with Crippen LogP contribution in [0, 0.1) is 11.8 Å². The summed E-state index contributed by atoms with van der Waals surface area (Å²) in [6.45, 7) is 10.7. The molecular formula is C40H60O12. The molecule has 10 bridgehead atoms. The summed E-state index contributed by atoms with van der Waals surface area (Å²) in [4.78, 5) is 14.0. The van der Waals surface area contributed by atoms with Crippen LogP contribution in [0.4, 0.5) is 0 Å². The number of hydrogen-bond acceptors (Lipinski definition) is 12. The van der Waals surface area contributed by atoms with Crippen molar-refractivity contribution in [3.63, 3.8) is 0 Å². The molecule has 0 amide bonds. The molecule has 1 spiro atoms. The molecule has 8 rings (SSSR count). The number of carbonyl (C=O) groups excluding carboxylic acids is 1. The second-order valence-corrected chi connectivity index (χ2v) is 17.1. The van der Waals surface area contributed by atoms with Gasteiger partial charge in [-0.1, -0.05) is 20.1 Å². The topological polar surface area (TPSA) is 152 Å². The minimum Gasteiger partial charge on any atom is -0.394 e. The van der Waals surface area contributed by atoms with E-state index < -0.39 is 48.5 Å². The van der Waals surface area contributed by atoms with Gasteiger partial charge in [-0.15, -0.1) is 0 Å². The first-order chi connectivity index (χ1) is 25.0. The van der Waals surface area contributed by atoms with Crippen molar-refractivity contribution in [3.05, 3.63) is 24.3 Å². The van der Waals surface area contributed by atoms with Crippen LogP contribution in [0.1, 0.15) is 96.8 Å². The molecule has 1 unspecified atom stereocenters. The molecule has 12 heteroatoms. The van der Waals surface area contributed by atoms with E-state index in [0.29, 0.717) is 32.1 Å². The van der Waals surface area contributed by atoms with E-state index in [1.807, 2.05) is 0 Å². The zero-order valence-corrected chi connectivity index (χ0v) is 30.9. The Bertz CT molecular complexity index is 1330. The van der Waals surface area contributed by atoms with Crippen LogP contribution in [0.3, 0.4) is 0 Å². The van der Waals surface area contributed by atoms with E-state index in [0.717, 1.165) is 49.7 Å². The van der Waals surface area contributed by atoms with E-state index in [4.69, 9.17) is 37.9 Å². The number of ketones is 1. The third kappa shape index (κ3) is 7.36. The average molecular weight is 733 g/mol. The summed E-state index contributed by atoms with van der Waals surface area (Å²) < 4.78 is 52.6. The lowest BCUT2D eigenvalue weighted by Crippen LogP contribution is -2.63. The van der Waals surface area contributed by atoms with Crippen molar-refractivity contribution < 1.29 is 58.0 Å². The minimum absolute atomic E-state index is 0.00931. The summed E-state index contributed by atoms with van der Waals surface area (Å²) >= 11 is 0. The number of Topliss-reactive ketones (excluding diaryl/α,β-unsaturated/α-hetero) is 1. The summed E-state index contributed by atoms with van der Waals surface area (Å²) in [6.07, 6.45) is 2.67. The molecule has 292 valence electrons. The third-order valence-electron chi connectivity index (χ3n) is 13.6. The molecule has 3 N–H and O–H groups in total. The van der Waals surface area contributed by atoms with Crippen molar-refractivity contribution in [2.75, 3.05) is 13.7 Å². The van der Waals surface area contributed by atoms with Gasteiger partial charge in [0, 0.05) is 51.6 Å². The number of hydrogen-bond donors (Lipinski definition) is 3. The summed E-state index contributed by atoms with van der Waals surface area (Å²) in [6, 6.07) is 0. The Kier molecular flexibility index (Phi) is 11.1. The van der Waals surface area contributed by atoms with E-state index in [2.05, 4.69) is 20.1 Å². The number of methoxy groups -OCH3 is 1. The maximum absolute atomic E-state index is 14.0. The molecule has 0 aromatic carbocycles. The lowest BCUT2D eigenvalue weighted by atomic mass is 9.81. The summed E-state index contributed by atoms with van der Waals surface area (Å²) in [7, 11) is 1.61. The monoisotopic (exact) mass is 732 g/mol. The van der Waals surface area contributed by atoms with Crippen LogP contribution in [0.15, 0.2) is 24.3 Å². The van der Waals surface area contributed by atoms with E-state index in [-0.39, 0.29) is 92.3 Å². The number of aliphatic hydroxyl groups is 3. The SMILES string of the molecule is C=C1C[C@@H]2CC[C@]34CCC(O3)[C@@H]3O[C@H]5CC[C@H](CC(=O)C[C@@H]6[C@@H](OC)[C@@H](C[C@H](O)CO)O[C@H]6C[C@H]6O[C@@H](CC[C@@H]1O2)C[C@@H](C)C6=C)O[C@@H]5[C@H](O4)[C@@H]3O.